The maximum Gasteiger partial charge on any atom is 1.00 e. The summed E-state index contributed by atoms with van der Waals surface area (Å²) in [7, 11) is 0. The molecular formula is C7H5Na3O6. The van der Waals surface area contributed by atoms with Crippen LogP contribution in [0.2, 0.25) is 0 Å². The third kappa shape index (κ3) is 15.1. The fourth-order valence-corrected chi connectivity index (χ4v) is 0.612. The summed E-state index contributed by atoms with van der Waals surface area (Å²) < 4.78 is 0. The van der Waals surface area contributed by atoms with Crippen molar-refractivity contribution in [1.82, 2.24) is 0 Å². The molecule has 0 heterocycles. The summed E-state index contributed by atoms with van der Waals surface area (Å²) in [6.07, 6.45) is -0.746. The van der Waals surface area contributed by atoms with E-state index in [0.717, 1.165) is 0 Å². The van der Waals surface area contributed by atoms with Crippen molar-refractivity contribution < 1.29 is 118 Å². The summed E-state index contributed by atoms with van der Waals surface area (Å²) in [5.74, 6) is -4.91. The molecule has 72 valence electrons. The smallest absolute Gasteiger partial charge is 0.550 e. The van der Waals surface area contributed by atoms with Crippen LogP contribution in [0.4, 0.5) is 0 Å². The molecule has 0 radical (unpaired) electrons. The number of hydrogen-bond donors (Lipinski definition) is 0. The SMILES string of the molecule is O=C([O-])/C=C(/CCC(=O)[O-])C(=O)[O-].[Na+].[Na+].[Na+]. The van der Waals surface area contributed by atoms with Crippen molar-refractivity contribution in [3.8, 4) is 0 Å². The van der Waals surface area contributed by atoms with E-state index < -0.39 is 36.3 Å². The summed E-state index contributed by atoms with van der Waals surface area (Å²) in [5.41, 5.74) is -0.635. The number of aliphatic carboxylic acids is 3. The molecule has 0 rings (SSSR count). The largest absolute Gasteiger partial charge is 1.00 e. The van der Waals surface area contributed by atoms with Crippen molar-refractivity contribution in [2.75, 3.05) is 0 Å². The second-order valence-corrected chi connectivity index (χ2v) is 2.15. The minimum absolute atomic E-state index is 0. The standard InChI is InChI=1S/C7H8O6.3Na/c8-5(9)2-1-4(7(12)13)3-6(10)11;;;/h3H,1-2H2,(H,8,9)(H,10,11)(H,12,13);;;/q;3*+1/p-3/b4-3-;;;. The molecule has 0 amide bonds. The summed E-state index contributed by atoms with van der Waals surface area (Å²) in [6.45, 7) is 0. The summed E-state index contributed by atoms with van der Waals surface area (Å²) in [4.78, 5) is 30.0. The van der Waals surface area contributed by atoms with Gasteiger partial charge in [-0.2, -0.15) is 0 Å². The number of carboxylic acid groups (broad SMARTS) is 3. The summed E-state index contributed by atoms with van der Waals surface area (Å²) in [5, 5.41) is 30.0. The first-order chi connectivity index (χ1) is 5.93. The van der Waals surface area contributed by atoms with Crippen LogP contribution in [0, 0.1) is 0 Å². The van der Waals surface area contributed by atoms with E-state index in [9.17, 15) is 29.7 Å². The van der Waals surface area contributed by atoms with Crippen molar-refractivity contribution in [3.63, 3.8) is 0 Å². The molecule has 0 bridgehead atoms. The zero-order valence-corrected chi connectivity index (χ0v) is 15.4. The van der Waals surface area contributed by atoms with Crippen LogP contribution >= 0.6 is 0 Å². The Kier molecular flexibility index (Phi) is 23.0. The van der Waals surface area contributed by atoms with Crippen molar-refractivity contribution in [2.24, 2.45) is 0 Å². The van der Waals surface area contributed by atoms with Gasteiger partial charge in [0.05, 0.1) is 11.9 Å². The molecule has 6 nitrogen and oxygen atoms in total. The first-order valence-corrected chi connectivity index (χ1v) is 3.26. The second kappa shape index (κ2) is 14.2. The van der Waals surface area contributed by atoms with Crippen molar-refractivity contribution in [1.29, 1.82) is 0 Å². The van der Waals surface area contributed by atoms with Gasteiger partial charge < -0.3 is 29.7 Å². The quantitative estimate of drug-likeness (QED) is 0.355. The average molecular weight is 254 g/mol. The Morgan fingerprint density at radius 2 is 1.31 bits per heavy atom. The van der Waals surface area contributed by atoms with Gasteiger partial charge >= 0.3 is 88.7 Å². The number of rotatable bonds is 5. The van der Waals surface area contributed by atoms with Crippen LogP contribution in [0.1, 0.15) is 12.8 Å². The minimum Gasteiger partial charge on any atom is -0.550 e. The van der Waals surface area contributed by atoms with E-state index in [1.807, 2.05) is 0 Å². The van der Waals surface area contributed by atoms with E-state index in [0.29, 0.717) is 0 Å². The van der Waals surface area contributed by atoms with Crippen LogP contribution in [0.3, 0.4) is 0 Å². The summed E-state index contributed by atoms with van der Waals surface area (Å²) in [6, 6.07) is 0. The molecule has 0 aromatic rings. The Balaban J connectivity index is -0.000000240. The first kappa shape index (κ1) is 25.9. The van der Waals surface area contributed by atoms with Crippen molar-refractivity contribution in [3.05, 3.63) is 11.6 Å². The predicted octanol–water partition coefficient (Wildman–Crippen LogP) is -13.0. The van der Waals surface area contributed by atoms with E-state index in [1.165, 1.54) is 0 Å². The normalized spacial score (nSPS) is 8.88. The first-order valence-electron chi connectivity index (χ1n) is 3.26. The van der Waals surface area contributed by atoms with E-state index in [2.05, 4.69) is 0 Å². The molecule has 0 saturated heterocycles. The molecule has 0 aliphatic rings. The predicted molar refractivity (Wildman–Crippen MR) is 32.3 cm³/mol. The van der Waals surface area contributed by atoms with E-state index in [1.54, 1.807) is 0 Å². The molecule has 0 atom stereocenters. The third-order valence-corrected chi connectivity index (χ3v) is 1.15. The number of carboxylic acids is 3. The van der Waals surface area contributed by atoms with Gasteiger partial charge in [0.15, 0.2) is 0 Å². The minimum atomic E-state index is -1.73. The Bertz CT molecular complexity index is 275. The number of carbonyl (C=O) groups excluding carboxylic acids is 3. The van der Waals surface area contributed by atoms with Crippen LogP contribution < -0.4 is 104 Å². The third-order valence-electron chi connectivity index (χ3n) is 1.15. The zero-order valence-electron chi connectivity index (χ0n) is 9.44. The van der Waals surface area contributed by atoms with Crippen LogP contribution in [0.5, 0.6) is 0 Å². The fraction of sp³-hybridized carbons (Fsp3) is 0.286. The molecule has 0 aliphatic carbocycles. The van der Waals surface area contributed by atoms with Gasteiger partial charge in [0.2, 0.25) is 0 Å². The van der Waals surface area contributed by atoms with Gasteiger partial charge in [-0.1, -0.05) is 0 Å². The van der Waals surface area contributed by atoms with Gasteiger partial charge in [-0.25, -0.2) is 0 Å². The van der Waals surface area contributed by atoms with E-state index in [-0.39, 0.29) is 94.7 Å². The van der Waals surface area contributed by atoms with Gasteiger partial charge in [-0.15, -0.1) is 0 Å². The second-order valence-electron chi connectivity index (χ2n) is 2.15. The Labute approximate surface area is 158 Å². The average Bonchev–Trinajstić information content (AvgIpc) is 1.96. The van der Waals surface area contributed by atoms with Crippen molar-refractivity contribution >= 4 is 17.9 Å². The van der Waals surface area contributed by atoms with E-state index >= 15 is 0 Å². The van der Waals surface area contributed by atoms with Gasteiger partial charge in [-0.05, 0) is 24.5 Å². The maximum absolute atomic E-state index is 10.2. The topological polar surface area (TPSA) is 120 Å². The van der Waals surface area contributed by atoms with Crippen LogP contribution in [-0.2, 0) is 14.4 Å². The molecule has 0 N–H and O–H groups in total. The molecule has 0 aromatic heterocycles. The van der Waals surface area contributed by atoms with Crippen molar-refractivity contribution in [2.45, 2.75) is 12.8 Å². The number of hydrogen-bond acceptors (Lipinski definition) is 6. The van der Waals surface area contributed by atoms with Crippen LogP contribution in [0.15, 0.2) is 11.6 Å². The maximum atomic E-state index is 10.2. The monoisotopic (exact) mass is 254 g/mol. The summed E-state index contributed by atoms with van der Waals surface area (Å²) >= 11 is 0. The Morgan fingerprint density at radius 1 is 0.875 bits per heavy atom. The Morgan fingerprint density at radius 3 is 1.56 bits per heavy atom. The molecule has 9 heteroatoms. The van der Waals surface area contributed by atoms with Gasteiger partial charge in [-0.3, -0.25) is 0 Å². The molecule has 0 unspecified atom stereocenters. The number of carbonyl (C=O) groups is 3. The molecule has 16 heavy (non-hydrogen) atoms. The van der Waals surface area contributed by atoms with Gasteiger partial charge in [0.1, 0.15) is 0 Å². The molecular weight excluding hydrogens is 249 g/mol. The Hall–Kier alpha value is 1.15. The molecule has 0 saturated carbocycles. The molecule has 0 fully saturated rings. The van der Waals surface area contributed by atoms with Crippen LogP contribution in [0.25, 0.3) is 0 Å². The van der Waals surface area contributed by atoms with Gasteiger partial charge in [0.25, 0.3) is 0 Å². The molecule has 0 aromatic carbocycles. The van der Waals surface area contributed by atoms with Gasteiger partial charge in [0, 0.05) is 5.97 Å². The van der Waals surface area contributed by atoms with Crippen LogP contribution in [-0.4, -0.2) is 17.9 Å². The fourth-order valence-electron chi connectivity index (χ4n) is 0.612. The molecule has 0 aliphatic heterocycles. The van der Waals surface area contributed by atoms with E-state index in [4.69, 9.17) is 0 Å². The zero-order chi connectivity index (χ0) is 10.4. The molecule has 0 spiro atoms.